The summed E-state index contributed by atoms with van der Waals surface area (Å²) < 4.78 is 16.5. The van der Waals surface area contributed by atoms with Crippen LogP contribution in [0.4, 0.5) is 0 Å². The number of carbonyl (C=O) groups excluding carboxylic acids is 3. The average molecular weight is 711 g/mol. The number of ether oxygens (including phenoxy) is 3. The second kappa shape index (κ2) is 39.6. The fourth-order valence-electron chi connectivity index (χ4n) is 5.13. The highest BCUT2D eigenvalue weighted by Crippen LogP contribution is 2.11. The summed E-state index contributed by atoms with van der Waals surface area (Å²) in [5.74, 6) is -1.00. The fraction of sp³-hybridized carbons (Fsp3) is 0.667. The molecule has 0 heterocycles. The molecule has 0 aromatic heterocycles. The SMILES string of the molecule is CC/C=C\C/C=C\C/C=C\CCCC(=O)OC(COC(=O)CCCCCC/C=C\CCCC)COC(=O)CCCCCCC/C=C\C/C=C\CC. The van der Waals surface area contributed by atoms with E-state index in [-0.39, 0.29) is 37.5 Å². The molecule has 0 N–H and O–H groups in total. The Bertz CT molecular complexity index is 1000. The molecular weight excluding hydrogens is 636 g/mol. The van der Waals surface area contributed by atoms with Gasteiger partial charge in [0.15, 0.2) is 6.10 Å². The highest BCUT2D eigenvalue weighted by molar-refractivity contribution is 5.71. The third-order valence-corrected chi connectivity index (χ3v) is 8.18. The predicted octanol–water partition coefficient (Wildman–Crippen LogP) is 12.7. The van der Waals surface area contributed by atoms with E-state index in [0.717, 1.165) is 116 Å². The van der Waals surface area contributed by atoms with Crippen molar-refractivity contribution < 1.29 is 28.6 Å². The maximum atomic E-state index is 12.6. The Morgan fingerprint density at radius 2 is 0.784 bits per heavy atom. The van der Waals surface area contributed by atoms with Gasteiger partial charge in [-0.15, -0.1) is 0 Å². The number of esters is 3. The van der Waals surface area contributed by atoms with Crippen LogP contribution < -0.4 is 0 Å². The van der Waals surface area contributed by atoms with Gasteiger partial charge in [0.25, 0.3) is 0 Å². The van der Waals surface area contributed by atoms with Crippen molar-refractivity contribution in [1.82, 2.24) is 0 Å². The van der Waals surface area contributed by atoms with Crippen LogP contribution in [0.3, 0.4) is 0 Å². The predicted molar refractivity (Wildman–Crippen MR) is 214 cm³/mol. The molecule has 0 bridgehead atoms. The molecule has 0 aliphatic rings. The molecule has 0 aliphatic heterocycles. The van der Waals surface area contributed by atoms with Crippen LogP contribution in [-0.4, -0.2) is 37.2 Å². The normalized spacial score (nSPS) is 12.8. The lowest BCUT2D eigenvalue weighted by molar-refractivity contribution is -0.167. The maximum absolute atomic E-state index is 12.6. The van der Waals surface area contributed by atoms with Crippen molar-refractivity contribution >= 4 is 17.9 Å². The van der Waals surface area contributed by atoms with Gasteiger partial charge in [-0.2, -0.15) is 0 Å². The number of hydrogen-bond acceptors (Lipinski definition) is 6. The maximum Gasteiger partial charge on any atom is 0.306 e. The van der Waals surface area contributed by atoms with E-state index in [1.165, 1.54) is 12.8 Å². The Hall–Kier alpha value is -3.15. The summed E-state index contributed by atoms with van der Waals surface area (Å²) in [6, 6.07) is 0. The lowest BCUT2D eigenvalue weighted by atomic mass is 10.1. The van der Waals surface area contributed by atoms with E-state index in [4.69, 9.17) is 14.2 Å². The summed E-state index contributed by atoms with van der Waals surface area (Å²) in [6.07, 6.45) is 47.6. The van der Waals surface area contributed by atoms with Crippen molar-refractivity contribution in [2.45, 2.75) is 181 Å². The molecular formula is C45H74O6. The van der Waals surface area contributed by atoms with Crippen LogP contribution in [-0.2, 0) is 28.6 Å². The van der Waals surface area contributed by atoms with E-state index in [1.54, 1.807) is 0 Å². The summed E-state index contributed by atoms with van der Waals surface area (Å²) in [7, 11) is 0. The van der Waals surface area contributed by atoms with Gasteiger partial charge >= 0.3 is 17.9 Å². The Morgan fingerprint density at radius 3 is 1.27 bits per heavy atom. The molecule has 0 spiro atoms. The van der Waals surface area contributed by atoms with Crippen molar-refractivity contribution in [3.8, 4) is 0 Å². The third kappa shape index (κ3) is 37.9. The molecule has 1 unspecified atom stereocenters. The van der Waals surface area contributed by atoms with Crippen LogP contribution >= 0.6 is 0 Å². The van der Waals surface area contributed by atoms with Crippen molar-refractivity contribution in [1.29, 1.82) is 0 Å². The van der Waals surface area contributed by atoms with Gasteiger partial charge in [-0.25, -0.2) is 0 Å². The van der Waals surface area contributed by atoms with Crippen LogP contribution in [0.2, 0.25) is 0 Å². The first-order chi connectivity index (χ1) is 25.0. The molecule has 0 rings (SSSR count). The average Bonchev–Trinajstić information content (AvgIpc) is 3.12. The second-order valence-corrected chi connectivity index (χ2v) is 13.1. The first kappa shape index (κ1) is 47.8. The van der Waals surface area contributed by atoms with E-state index >= 15 is 0 Å². The molecule has 0 saturated heterocycles. The lowest BCUT2D eigenvalue weighted by Gasteiger charge is -2.18. The molecule has 0 aliphatic carbocycles. The summed E-state index contributed by atoms with van der Waals surface area (Å²) >= 11 is 0. The monoisotopic (exact) mass is 711 g/mol. The van der Waals surface area contributed by atoms with Crippen LogP contribution in [0.25, 0.3) is 0 Å². The Labute approximate surface area is 312 Å². The third-order valence-electron chi connectivity index (χ3n) is 8.18. The Balaban J connectivity index is 4.50. The summed E-state index contributed by atoms with van der Waals surface area (Å²) in [6.45, 7) is 6.26. The van der Waals surface area contributed by atoms with Gasteiger partial charge in [-0.3, -0.25) is 14.4 Å². The van der Waals surface area contributed by atoms with E-state index < -0.39 is 6.10 Å². The molecule has 6 nitrogen and oxygen atoms in total. The summed E-state index contributed by atoms with van der Waals surface area (Å²) in [5.41, 5.74) is 0. The lowest BCUT2D eigenvalue weighted by Crippen LogP contribution is -2.30. The zero-order valence-electron chi connectivity index (χ0n) is 32.8. The van der Waals surface area contributed by atoms with Gasteiger partial charge in [-0.05, 0) is 89.9 Å². The molecule has 0 fully saturated rings. The van der Waals surface area contributed by atoms with Gasteiger partial charge in [0.05, 0.1) is 0 Å². The van der Waals surface area contributed by atoms with Gasteiger partial charge in [0, 0.05) is 19.3 Å². The van der Waals surface area contributed by atoms with Gasteiger partial charge in [0.2, 0.25) is 0 Å². The Morgan fingerprint density at radius 1 is 0.412 bits per heavy atom. The minimum Gasteiger partial charge on any atom is -0.462 e. The molecule has 0 aromatic carbocycles. The van der Waals surface area contributed by atoms with E-state index in [9.17, 15) is 14.4 Å². The largest absolute Gasteiger partial charge is 0.462 e. The van der Waals surface area contributed by atoms with Crippen molar-refractivity contribution in [3.05, 3.63) is 72.9 Å². The first-order valence-corrected chi connectivity index (χ1v) is 20.4. The van der Waals surface area contributed by atoms with Crippen molar-refractivity contribution in [2.75, 3.05) is 13.2 Å². The first-order valence-electron chi connectivity index (χ1n) is 20.4. The van der Waals surface area contributed by atoms with Crippen LogP contribution in [0.15, 0.2) is 72.9 Å². The molecule has 0 radical (unpaired) electrons. The zero-order valence-corrected chi connectivity index (χ0v) is 32.8. The number of carbonyl (C=O) groups is 3. The molecule has 0 aromatic rings. The van der Waals surface area contributed by atoms with Crippen molar-refractivity contribution in [2.24, 2.45) is 0 Å². The highest BCUT2D eigenvalue weighted by Gasteiger charge is 2.19. The minimum absolute atomic E-state index is 0.108. The number of hydrogen-bond donors (Lipinski definition) is 0. The topological polar surface area (TPSA) is 78.9 Å². The van der Waals surface area contributed by atoms with Crippen LogP contribution in [0.1, 0.15) is 175 Å². The van der Waals surface area contributed by atoms with Gasteiger partial charge in [0.1, 0.15) is 13.2 Å². The quantitative estimate of drug-likeness (QED) is 0.0282. The highest BCUT2D eigenvalue weighted by atomic mass is 16.6. The molecule has 6 heteroatoms. The van der Waals surface area contributed by atoms with E-state index in [2.05, 4.69) is 93.7 Å². The van der Waals surface area contributed by atoms with Crippen LogP contribution in [0, 0.1) is 0 Å². The second-order valence-electron chi connectivity index (χ2n) is 13.1. The smallest absolute Gasteiger partial charge is 0.306 e. The molecule has 0 amide bonds. The molecule has 1 atom stereocenters. The number of unbranched alkanes of at least 4 members (excludes halogenated alkanes) is 12. The minimum atomic E-state index is -0.808. The zero-order chi connectivity index (χ0) is 37.3. The summed E-state index contributed by atoms with van der Waals surface area (Å²) in [4.78, 5) is 37.5. The molecule has 0 saturated carbocycles. The Kier molecular flexibility index (Phi) is 37.2. The molecule has 290 valence electrons. The van der Waals surface area contributed by atoms with Gasteiger partial charge in [-0.1, -0.05) is 139 Å². The van der Waals surface area contributed by atoms with E-state index in [1.807, 2.05) is 0 Å². The van der Waals surface area contributed by atoms with Crippen LogP contribution in [0.5, 0.6) is 0 Å². The number of allylic oxidation sites excluding steroid dienone is 12. The number of rotatable bonds is 35. The summed E-state index contributed by atoms with van der Waals surface area (Å²) in [5, 5.41) is 0. The van der Waals surface area contributed by atoms with Crippen molar-refractivity contribution in [3.63, 3.8) is 0 Å². The van der Waals surface area contributed by atoms with E-state index in [0.29, 0.717) is 19.3 Å². The standard InChI is InChI=1S/C45H74O6/c1-4-7-10-13-16-19-22-24-26-29-32-35-38-44(47)50-41-42(40-49-43(46)37-34-31-28-25-21-18-15-12-9-6-3)51-45(48)39-36-33-30-27-23-20-17-14-11-8-5-2/h7-8,10-11,15-20,27,30,42H,4-6,9,12-14,21-26,28-29,31-41H2,1-3H3/b10-7-,11-8-,18-15-,19-16-,20-17-,30-27-. The van der Waals surface area contributed by atoms with Gasteiger partial charge < -0.3 is 14.2 Å². The fourth-order valence-corrected chi connectivity index (χ4v) is 5.13. The molecule has 51 heavy (non-hydrogen) atoms.